The summed E-state index contributed by atoms with van der Waals surface area (Å²) < 4.78 is 0. The van der Waals surface area contributed by atoms with Gasteiger partial charge in [0.2, 0.25) is 0 Å². The van der Waals surface area contributed by atoms with Gasteiger partial charge in [0.1, 0.15) is 0 Å². The molecule has 0 aromatic heterocycles. The fourth-order valence-corrected chi connectivity index (χ4v) is 2.37. The van der Waals surface area contributed by atoms with Crippen LogP contribution in [0.1, 0.15) is 42.9 Å². The molecule has 1 saturated carbocycles. The molecule has 1 aromatic carbocycles. The molecule has 0 radical (unpaired) electrons. The van der Waals surface area contributed by atoms with Crippen molar-refractivity contribution in [2.24, 2.45) is 5.92 Å². The maximum atomic E-state index is 3.82. The minimum Gasteiger partial charge on any atom is -0.312 e. The second-order valence-corrected chi connectivity index (χ2v) is 5.15. The lowest BCUT2D eigenvalue weighted by atomic mass is 9.88. The average Bonchev–Trinajstić information content (AvgIpc) is 2.36. The normalized spacial score (nSPS) is 18.4. The molecule has 1 fully saturated rings. The molecule has 3 rings (SSSR count). The number of rotatable bonds is 1. The van der Waals surface area contributed by atoms with E-state index < -0.39 is 0 Å². The van der Waals surface area contributed by atoms with Gasteiger partial charge in [0, 0.05) is 6.54 Å². The van der Waals surface area contributed by atoms with Gasteiger partial charge in [-0.3, -0.25) is 0 Å². The Hall–Kier alpha value is -1.08. The Labute approximate surface area is 105 Å². The Morgan fingerprint density at radius 1 is 1.35 bits per heavy atom. The van der Waals surface area contributed by atoms with Crippen molar-refractivity contribution in [2.75, 3.05) is 6.54 Å². The predicted octanol–water partition coefficient (Wildman–Crippen LogP) is 3.78. The molecule has 0 saturated heterocycles. The molecule has 2 aliphatic rings. The van der Waals surface area contributed by atoms with Crippen molar-refractivity contribution in [2.45, 2.75) is 39.2 Å². The number of fused-ring (bicyclic) bond motifs is 1. The van der Waals surface area contributed by atoms with Gasteiger partial charge in [-0.1, -0.05) is 57.0 Å². The summed E-state index contributed by atoms with van der Waals surface area (Å²) in [5, 5.41) is 3.36. The highest BCUT2D eigenvalue weighted by Gasteiger charge is 2.10. The van der Waals surface area contributed by atoms with E-state index in [9.17, 15) is 0 Å². The van der Waals surface area contributed by atoms with Crippen LogP contribution in [-0.2, 0) is 13.0 Å². The summed E-state index contributed by atoms with van der Waals surface area (Å²) in [6.45, 7) is 8.23. The van der Waals surface area contributed by atoms with E-state index in [1.54, 1.807) is 0 Å². The Balaban J connectivity index is 0.000000181. The molecule has 1 heteroatoms. The summed E-state index contributed by atoms with van der Waals surface area (Å²) in [4.78, 5) is 0. The van der Waals surface area contributed by atoms with E-state index >= 15 is 0 Å². The van der Waals surface area contributed by atoms with Gasteiger partial charge in [-0.25, -0.2) is 0 Å². The molecule has 17 heavy (non-hydrogen) atoms. The fraction of sp³-hybridized carbons (Fsp3) is 0.500. The molecule has 1 nitrogen and oxygen atoms in total. The van der Waals surface area contributed by atoms with Crippen LogP contribution in [0.3, 0.4) is 0 Å². The van der Waals surface area contributed by atoms with Crippen LogP contribution in [-0.4, -0.2) is 6.54 Å². The zero-order valence-corrected chi connectivity index (χ0v) is 10.8. The van der Waals surface area contributed by atoms with Gasteiger partial charge < -0.3 is 5.32 Å². The van der Waals surface area contributed by atoms with Gasteiger partial charge in [-0.15, -0.1) is 0 Å². The third-order valence-corrected chi connectivity index (χ3v) is 3.79. The molecule has 0 spiro atoms. The molecule has 1 N–H and O–H groups in total. The van der Waals surface area contributed by atoms with Gasteiger partial charge in [-0.2, -0.15) is 0 Å². The zero-order chi connectivity index (χ0) is 12.1. The Morgan fingerprint density at radius 2 is 2.12 bits per heavy atom. The first-order valence-electron chi connectivity index (χ1n) is 6.75. The molecular formula is C16H23N. The van der Waals surface area contributed by atoms with Crippen LogP contribution in [0, 0.1) is 5.92 Å². The first kappa shape index (κ1) is 12.4. The minimum absolute atomic E-state index is 1.01. The molecule has 0 unspecified atom stereocenters. The van der Waals surface area contributed by atoms with Gasteiger partial charge in [0.05, 0.1) is 0 Å². The number of hydrogen-bond donors (Lipinski definition) is 1. The van der Waals surface area contributed by atoms with Crippen LogP contribution >= 0.6 is 0 Å². The van der Waals surface area contributed by atoms with Gasteiger partial charge >= 0.3 is 0 Å². The van der Waals surface area contributed by atoms with E-state index in [2.05, 4.69) is 37.0 Å². The van der Waals surface area contributed by atoms with Crippen molar-refractivity contribution in [1.82, 2.24) is 5.32 Å². The second-order valence-electron chi connectivity index (χ2n) is 5.15. The Bertz CT molecular complexity index is 377. The standard InChI is InChI=1S/C11H13N.C5H10/c1-2-9-4-3-5-10-8-12-7-6-11(9)10;1-5-3-2-4-5/h2-5,12H,1,6-8H2;5H,2-4H2,1H3. The molecule has 0 amide bonds. The van der Waals surface area contributed by atoms with Crippen LogP contribution in [0.25, 0.3) is 6.08 Å². The molecule has 92 valence electrons. The maximum Gasteiger partial charge on any atom is 0.0208 e. The lowest BCUT2D eigenvalue weighted by Gasteiger charge is -2.18. The van der Waals surface area contributed by atoms with Crippen molar-refractivity contribution >= 4 is 6.08 Å². The van der Waals surface area contributed by atoms with Crippen molar-refractivity contribution in [3.63, 3.8) is 0 Å². The third-order valence-electron chi connectivity index (χ3n) is 3.79. The van der Waals surface area contributed by atoms with Crippen molar-refractivity contribution < 1.29 is 0 Å². The van der Waals surface area contributed by atoms with E-state index in [4.69, 9.17) is 0 Å². The third kappa shape index (κ3) is 3.19. The van der Waals surface area contributed by atoms with E-state index in [0.717, 1.165) is 25.4 Å². The smallest absolute Gasteiger partial charge is 0.0208 e. The SMILES string of the molecule is C=Cc1cccc2c1CCNC2.CC1CCC1. The highest BCUT2D eigenvalue weighted by atomic mass is 14.9. The Morgan fingerprint density at radius 3 is 2.71 bits per heavy atom. The first-order chi connectivity index (χ1) is 8.31. The summed E-state index contributed by atoms with van der Waals surface area (Å²) in [5.74, 6) is 1.06. The van der Waals surface area contributed by atoms with Crippen LogP contribution in [0.5, 0.6) is 0 Å². The zero-order valence-electron chi connectivity index (χ0n) is 10.8. The summed E-state index contributed by atoms with van der Waals surface area (Å²) >= 11 is 0. The van der Waals surface area contributed by atoms with Crippen molar-refractivity contribution in [3.8, 4) is 0 Å². The molecule has 0 atom stereocenters. The largest absolute Gasteiger partial charge is 0.312 e. The van der Waals surface area contributed by atoms with Crippen LogP contribution in [0.2, 0.25) is 0 Å². The molecule has 0 bridgehead atoms. The lowest BCUT2D eigenvalue weighted by Crippen LogP contribution is -2.24. The van der Waals surface area contributed by atoms with E-state index in [1.807, 2.05) is 6.08 Å². The molecule has 1 heterocycles. The highest BCUT2D eigenvalue weighted by Crippen LogP contribution is 2.24. The summed E-state index contributed by atoms with van der Waals surface area (Å²) in [5.41, 5.74) is 4.21. The van der Waals surface area contributed by atoms with E-state index in [0.29, 0.717) is 0 Å². The summed E-state index contributed by atoms with van der Waals surface area (Å²) in [6, 6.07) is 6.43. The number of nitrogens with one attached hydrogen (secondary N) is 1. The molecule has 1 aliphatic heterocycles. The minimum atomic E-state index is 1.01. The Kier molecular flexibility index (Phi) is 4.38. The average molecular weight is 229 g/mol. The topological polar surface area (TPSA) is 12.0 Å². The van der Waals surface area contributed by atoms with Crippen LogP contribution in [0.15, 0.2) is 24.8 Å². The summed E-state index contributed by atoms with van der Waals surface area (Å²) in [6.07, 6.45) is 7.54. The van der Waals surface area contributed by atoms with E-state index in [1.165, 1.54) is 36.0 Å². The monoisotopic (exact) mass is 229 g/mol. The highest BCUT2D eigenvalue weighted by molar-refractivity contribution is 5.54. The van der Waals surface area contributed by atoms with Crippen LogP contribution < -0.4 is 5.32 Å². The van der Waals surface area contributed by atoms with Gasteiger partial charge in [0.15, 0.2) is 0 Å². The maximum absolute atomic E-state index is 3.82. The van der Waals surface area contributed by atoms with E-state index in [-0.39, 0.29) is 0 Å². The number of benzene rings is 1. The quantitative estimate of drug-likeness (QED) is 0.772. The fourth-order valence-electron chi connectivity index (χ4n) is 2.37. The van der Waals surface area contributed by atoms with Crippen LogP contribution in [0.4, 0.5) is 0 Å². The number of hydrogen-bond acceptors (Lipinski definition) is 1. The van der Waals surface area contributed by atoms with Gasteiger partial charge in [-0.05, 0) is 35.6 Å². The van der Waals surface area contributed by atoms with Crippen molar-refractivity contribution in [1.29, 1.82) is 0 Å². The van der Waals surface area contributed by atoms with Gasteiger partial charge in [0.25, 0.3) is 0 Å². The molecular weight excluding hydrogens is 206 g/mol. The lowest BCUT2D eigenvalue weighted by molar-refractivity contribution is 0.346. The molecule has 1 aliphatic carbocycles. The van der Waals surface area contributed by atoms with Crippen molar-refractivity contribution in [3.05, 3.63) is 41.5 Å². The predicted molar refractivity (Wildman–Crippen MR) is 75.0 cm³/mol. The first-order valence-corrected chi connectivity index (χ1v) is 6.75. The second kappa shape index (κ2) is 6.02. The molecule has 1 aromatic rings. The summed E-state index contributed by atoms with van der Waals surface area (Å²) in [7, 11) is 0.